The van der Waals surface area contributed by atoms with Crippen LogP contribution in [0.25, 0.3) is 33.4 Å². The van der Waals surface area contributed by atoms with Crippen LogP contribution in [0.2, 0.25) is 0 Å². The molecule has 0 saturated carbocycles. The Morgan fingerprint density at radius 3 is 2.88 bits per heavy atom. The molecule has 4 aromatic rings. The summed E-state index contributed by atoms with van der Waals surface area (Å²) in [6.07, 6.45) is 8.13. The van der Waals surface area contributed by atoms with Crippen LogP contribution in [0.5, 0.6) is 0 Å². The highest BCUT2D eigenvalue weighted by molar-refractivity contribution is 5.95. The Bertz CT molecular complexity index is 1070. The van der Waals surface area contributed by atoms with Crippen LogP contribution in [-0.4, -0.2) is 41.4 Å². The maximum Gasteiger partial charge on any atom is 0.220 e. The summed E-state index contributed by atoms with van der Waals surface area (Å²) in [4.78, 5) is 16.3. The fourth-order valence-electron chi connectivity index (χ4n) is 2.95. The molecule has 0 atom stereocenters. The topological polar surface area (TPSA) is 119 Å². The molecule has 0 aliphatic carbocycles. The van der Waals surface area contributed by atoms with Crippen molar-refractivity contribution in [1.29, 1.82) is 0 Å². The van der Waals surface area contributed by atoms with Gasteiger partial charge in [0, 0.05) is 46.4 Å². The molecule has 26 heavy (non-hydrogen) atoms. The maximum atomic E-state index is 9.04. The summed E-state index contributed by atoms with van der Waals surface area (Å²) in [6, 6.07) is 4.00. The second-order valence-electron chi connectivity index (χ2n) is 5.99. The number of pyridine rings is 1. The molecule has 4 N–H and O–H groups in total. The predicted molar refractivity (Wildman–Crippen MR) is 99.2 cm³/mol. The van der Waals surface area contributed by atoms with Crippen LogP contribution in [0.3, 0.4) is 0 Å². The number of aromatic nitrogens is 6. The van der Waals surface area contributed by atoms with Crippen molar-refractivity contribution in [2.24, 2.45) is 0 Å². The Hall–Kier alpha value is -3.26. The number of nitrogens with zero attached hydrogens (tertiary/aromatic N) is 5. The first kappa shape index (κ1) is 16.2. The van der Waals surface area contributed by atoms with Crippen molar-refractivity contribution in [3.63, 3.8) is 0 Å². The van der Waals surface area contributed by atoms with Crippen LogP contribution in [0.1, 0.15) is 12.6 Å². The van der Waals surface area contributed by atoms with Gasteiger partial charge in [-0.05, 0) is 18.6 Å². The smallest absolute Gasteiger partial charge is 0.220 e. The Labute approximate surface area is 149 Å². The van der Waals surface area contributed by atoms with E-state index in [1.165, 1.54) is 0 Å². The fraction of sp³-hybridized carbons (Fsp3) is 0.222. The van der Waals surface area contributed by atoms with Gasteiger partial charge >= 0.3 is 0 Å². The van der Waals surface area contributed by atoms with E-state index in [2.05, 4.69) is 31.1 Å². The molecular formula is C18H19N7O. The van der Waals surface area contributed by atoms with Gasteiger partial charge in [-0.3, -0.25) is 4.68 Å². The summed E-state index contributed by atoms with van der Waals surface area (Å²) in [7, 11) is 0. The zero-order valence-corrected chi connectivity index (χ0v) is 14.3. The number of aliphatic hydroxyl groups is 1. The van der Waals surface area contributed by atoms with E-state index < -0.39 is 0 Å². The molecule has 0 spiro atoms. The number of nitrogens with two attached hydrogens (primary N) is 1. The Morgan fingerprint density at radius 1 is 1.19 bits per heavy atom. The van der Waals surface area contributed by atoms with Crippen molar-refractivity contribution in [1.82, 2.24) is 29.7 Å². The third-order valence-corrected chi connectivity index (χ3v) is 4.26. The summed E-state index contributed by atoms with van der Waals surface area (Å²) >= 11 is 0. The van der Waals surface area contributed by atoms with Gasteiger partial charge in [-0.15, -0.1) is 0 Å². The lowest BCUT2D eigenvalue weighted by atomic mass is 10.1. The van der Waals surface area contributed by atoms with Gasteiger partial charge in [-0.1, -0.05) is 6.92 Å². The number of hydrogen-bond donors (Lipinski definition) is 3. The second kappa shape index (κ2) is 6.57. The summed E-state index contributed by atoms with van der Waals surface area (Å²) in [5.74, 6) is 0.267. The highest BCUT2D eigenvalue weighted by Gasteiger charge is 2.12. The van der Waals surface area contributed by atoms with Gasteiger partial charge in [-0.25, -0.2) is 15.0 Å². The van der Waals surface area contributed by atoms with E-state index in [0.29, 0.717) is 6.54 Å². The Morgan fingerprint density at radius 2 is 2.08 bits per heavy atom. The van der Waals surface area contributed by atoms with Crippen LogP contribution in [-0.2, 0) is 13.0 Å². The average Bonchev–Trinajstić information content (AvgIpc) is 3.27. The molecule has 4 aromatic heterocycles. The van der Waals surface area contributed by atoms with Gasteiger partial charge in [0.15, 0.2) is 0 Å². The number of rotatable bonds is 5. The van der Waals surface area contributed by atoms with Crippen LogP contribution < -0.4 is 5.73 Å². The lowest BCUT2D eigenvalue weighted by molar-refractivity contribution is 0.269. The standard InChI is InChI=1S/C18H19N7O/c1-2-13-6-16(24-18(19)23-13)15-9-21-17-14(15)5-11(7-20-17)12-8-22-25(10-12)3-4-26/h5-10,26H,2-4H2,1H3,(H,20,21)(H2,19,23,24). The van der Waals surface area contributed by atoms with Crippen molar-refractivity contribution in [3.05, 3.63) is 42.6 Å². The third-order valence-electron chi connectivity index (χ3n) is 4.26. The summed E-state index contributed by atoms with van der Waals surface area (Å²) in [6.45, 7) is 2.55. The minimum atomic E-state index is 0.0509. The highest BCUT2D eigenvalue weighted by Crippen LogP contribution is 2.30. The van der Waals surface area contributed by atoms with Gasteiger partial charge in [0.2, 0.25) is 5.95 Å². The molecule has 0 fully saturated rings. The van der Waals surface area contributed by atoms with Crippen molar-refractivity contribution in [2.75, 3.05) is 12.3 Å². The van der Waals surface area contributed by atoms with E-state index in [1.807, 2.05) is 25.4 Å². The van der Waals surface area contributed by atoms with Gasteiger partial charge in [0.1, 0.15) is 5.65 Å². The lowest BCUT2D eigenvalue weighted by Crippen LogP contribution is -2.01. The predicted octanol–water partition coefficient (Wildman–Crippen LogP) is 2.02. The molecule has 0 aliphatic heterocycles. The maximum absolute atomic E-state index is 9.04. The number of aliphatic hydroxyl groups excluding tert-OH is 1. The van der Waals surface area contributed by atoms with Crippen molar-refractivity contribution >= 4 is 17.0 Å². The summed E-state index contributed by atoms with van der Waals surface area (Å²) < 4.78 is 1.70. The van der Waals surface area contributed by atoms with Crippen molar-refractivity contribution < 1.29 is 5.11 Å². The number of aryl methyl sites for hydroxylation is 1. The molecule has 132 valence electrons. The molecule has 0 unspecified atom stereocenters. The molecule has 0 aromatic carbocycles. The SMILES string of the molecule is CCc1cc(-c2c[nH]c3ncc(-c4cnn(CCO)c4)cc23)nc(N)n1. The van der Waals surface area contributed by atoms with Crippen LogP contribution in [0.4, 0.5) is 5.95 Å². The molecule has 4 rings (SSSR count). The van der Waals surface area contributed by atoms with Crippen LogP contribution in [0, 0.1) is 0 Å². The number of fused-ring (bicyclic) bond motifs is 1. The molecule has 0 radical (unpaired) electrons. The number of aromatic amines is 1. The van der Waals surface area contributed by atoms with Gasteiger partial charge in [-0.2, -0.15) is 5.10 Å². The van der Waals surface area contributed by atoms with Gasteiger partial charge in [0.25, 0.3) is 0 Å². The summed E-state index contributed by atoms with van der Waals surface area (Å²) in [5.41, 5.74) is 11.1. The van der Waals surface area contributed by atoms with Crippen LogP contribution in [0.15, 0.2) is 36.9 Å². The van der Waals surface area contributed by atoms with E-state index in [0.717, 1.165) is 45.5 Å². The highest BCUT2D eigenvalue weighted by atomic mass is 16.3. The number of nitrogens with one attached hydrogen (secondary N) is 1. The lowest BCUT2D eigenvalue weighted by Gasteiger charge is -2.04. The molecule has 0 saturated heterocycles. The fourth-order valence-corrected chi connectivity index (χ4v) is 2.95. The quantitative estimate of drug-likeness (QED) is 0.507. The number of H-pyrrole nitrogens is 1. The average molecular weight is 349 g/mol. The zero-order valence-electron chi connectivity index (χ0n) is 14.3. The monoisotopic (exact) mass is 349 g/mol. The first-order valence-electron chi connectivity index (χ1n) is 8.42. The van der Waals surface area contributed by atoms with E-state index in [9.17, 15) is 0 Å². The number of nitrogen functional groups attached to an aromatic ring is 1. The molecule has 0 bridgehead atoms. The first-order chi connectivity index (χ1) is 12.7. The largest absolute Gasteiger partial charge is 0.394 e. The third kappa shape index (κ3) is 2.91. The molecule has 0 amide bonds. The van der Waals surface area contributed by atoms with E-state index in [1.54, 1.807) is 17.1 Å². The molecule has 8 nitrogen and oxygen atoms in total. The van der Waals surface area contributed by atoms with E-state index in [-0.39, 0.29) is 12.6 Å². The van der Waals surface area contributed by atoms with E-state index >= 15 is 0 Å². The first-order valence-corrected chi connectivity index (χ1v) is 8.42. The van der Waals surface area contributed by atoms with Crippen LogP contribution >= 0.6 is 0 Å². The van der Waals surface area contributed by atoms with Crippen molar-refractivity contribution in [2.45, 2.75) is 19.9 Å². The zero-order chi connectivity index (χ0) is 18.1. The van der Waals surface area contributed by atoms with Gasteiger partial charge < -0.3 is 15.8 Å². The summed E-state index contributed by atoms with van der Waals surface area (Å²) in [5, 5.41) is 14.2. The number of hydrogen-bond acceptors (Lipinski definition) is 6. The van der Waals surface area contributed by atoms with E-state index in [4.69, 9.17) is 10.8 Å². The minimum Gasteiger partial charge on any atom is -0.394 e. The Kier molecular flexibility index (Phi) is 4.10. The normalized spacial score (nSPS) is 11.3. The minimum absolute atomic E-state index is 0.0509. The molecule has 8 heteroatoms. The molecular weight excluding hydrogens is 330 g/mol. The van der Waals surface area contributed by atoms with Crippen molar-refractivity contribution in [3.8, 4) is 22.4 Å². The molecule has 0 aliphatic rings. The Balaban J connectivity index is 1.81. The molecule has 4 heterocycles. The number of anilines is 1. The second-order valence-corrected chi connectivity index (χ2v) is 5.99. The van der Waals surface area contributed by atoms with Gasteiger partial charge in [0.05, 0.1) is 25.0 Å².